The summed E-state index contributed by atoms with van der Waals surface area (Å²) in [6.07, 6.45) is 9.25. The second-order valence-electron chi connectivity index (χ2n) is 25.1. The summed E-state index contributed by atoms with van der Waals surface area (Å²) in [5, 5.41) is 59.9. The number of anilines is 2. The van der Waals surface area contributed by atoms with E-state index in [1.165, 1.54) is 43.2 Å². The number of para-hydroxylation sites is 2. The van der Waals surface area contributed by atoms with Crippen molar-refractivity contribution in [3.63, 3.8) is 0 Å². The molecule has 0 unspecified atom stereocenters. The van der Waals surface area contributed by atoms with Gasteiger partial charge in [-0.1, -0.05) is 81.8 Å². The number of ether oxygens (including phenoxy) is 6. The average Bonchev–Trinajstić information content (AvgIpc) is 1.57. The number of hydrogen-bond donors (Lipinski definition) is 6. The van der Waals surface area contributed by atoms with E-state index in [9.17, 15) is 44.3 Å². The molecule has 516 valence electrons. The van der Waals surface area contributed by atoms with Crippen LogP contribution in [-0.2, 0) is 61.0 Å². The van der Waals surface area contributed by atoms with Gasteiger partial charge >= 0.3 is 27.4 Å². The highest BCUT2D eigenvalue weighted by Gasteiger charge is 2.65. The first kappa shape index (κ1) is 71.3. The molecule has 12 atom stereocenters. The number of benzene rings is 2. The molecular weight excluding hydrogens is 1280 g/mol. The minimum absolute atomic E-state index is 0.150. The average molecular weight is 1370 g/mol. The van der Waals surface area contributed by atoms with E-state index in [0.717, 1.165) is 96.3 Å². The molecule has 0 bridgehead atoms. The fraction of sp³-hybridized carbons (Fsp3) is 0.554. The molecule has 5 fully saturated rings. The number of carbonyl (C=O) groups excluding carboxylic acids is 3. The molecule has 6 aromatic rings. The number of nitrogens with two attached hydrogens (primary N) is 1. The Kier molecular flexibility index (Phi) is 23.3. The largest absolute Gasteiger partial charge is 0.461 e. The van der Waals surface area contributed by atoms with Gasteiger partial charge in [0.1, 0.15) is 121 Å². The van der Waals surface area contributed by atoms with E-state index in [1.807, 2.05) is 6.07 Å². The van der Waals surface area contributed by atoms with Crippen LogP contribution in [0, 0.1) is 22.7 Å². The molecule has 3 saturated heterocycles. The quantitative estimate of drug-likeness (QED) is 0.0159. The van der Waals surface area contributed by atoms with E-state index in [4.69, 9.17) is 52.2 Å². The minimum atomic E-state index is -4.45. The highest BCUT2D eigenvalue weighted by atomic mass is 31.2. The number of aromatic nitrogens is 6. The third kappa shape index (κ3) is 16.9. The highest BCUT2D eigenvalue weighted by molar-refractivity contribution is 7.52. The van der Waals surface area contributed by atoms with Gasteiger partial charge in [-0.25, -0.2) is 28.1 Å². The summed E-state index contributed by atoms with van der Waals surface area (Å²) in [6.45, 7) is 7.19. The molecule has 31 heteroatoms. The predicted octanol–water partition coefficient (Wildman–Crippen LogP) is 9.36. The topological polar surface area (TPSA) is 388 Å². The molecule has 7 heterocycles. The number of nitrogen functional groups attached to an aromatic ring is 1. The zero-order chi connectivity index (χ0) is 68.3. The molecule has 0 spiro atoms. The first-order valence-corrected chi connectivity index (χ1v) is 35.7. The van der Waals surface area contributed by atoms with E-state index in [2.05, 4.69) is 48.6 Å². The fourth-order valence-corrected chi connectivity index (χ4v) is 15.3. The Hall–Kier alpha value is -7.47. The summed E-state index contributed by atoms with van der Waals surface area (Å²) in [7, 11) is -8.78. The van der Waals surface area contributed by atoms with Gasteiger partial charge in [-0.05, 0) is 134 Å². The molecule has 2 saturated carbocycles. The third-order valence-corrected chi connectivity index (χ3v) is 20.6. The first-order chi connectivity index (χ1) is 46.1. The number of unbranched alkanes of at least 4 members (excludes halogenated alkanes) is 4. The monoisotopic (exact) mass is 1370 g/mol. The van der Waals surface area contributed by atoms with E-state index >= 15 is 0 Å². The van der Waals surface area contributed by atoms with Gasteiger partial charge in [-0.15, -0.1) is 0 Å². The smallest absolute Gasteiger partial charge is 0.459 e. The van der Waals surface area contributed by atoms with Gasteiger partial charge in [-0.3, -0.25) is 23.4 Å². The van der Waals surface area contributed by atoms with Gasteiger partial charge in [0.05, 0.1) is 11.4 Å². The molecule has 11 rings (SSSR count). The Labute approximate surface area is 556 Å². The number of esters is 2. The van der Waals surface area contributed by atoms with Crippen LogP contribution in [0.2, 0.25) is 0 Å². The van der Waals surface area contributed by atoms with E-state index in [-0.39, 0.29) is 46.9 Å². The van der Waals surface area contributed by atoms with Gasteiger partial charge in [0, 0.05) is 6.42 Å². The van der Waals surface area contributed by atoms with Crippen molar-refractivity contribution in [2.45, 2.75) is 215 Å². The third-order valence-electron chi connectivity index (χ3n) is 17.3. The lowest BCUT2D eigenvalue weighted by Crippen LogP contribution is -2.46. The SMILES string of the molecule is CCCCCCCC(=O)Nc1ncnn2c([C@@H]3O[C@](C#N)(CO[P@@](=O)(N[C@@H](C)C(=O)OC4CCCCC4)Oc4ccccc4)[C@@H](O)[C@H]3O)ccc12.C[C@H](N[P@](=O)(OC[C@@]1(C#N)O[C@@H](c2ccc3c(N)ncnn23)[C@@H]2OC(C)(C)O[C@@H]21)Oc1ccccc1)C(=O)OC1CCCCC1. The number of nitrogens with zero attached hydrogens (tertiary/aromatic N) is 8. The number of aliphatic hydroxyl groups excluding tert-OH is 2. The lowest BCUT2D eigenvalue weighted by molar-refractivity contribution is -0.204. The Morgan fingerprint density at radius 1 is 0.667 bits per heavy atom. The van der Waals surface area contributed by atoms with Crippen molar-refractivity contribution in [3.05, 3.63) is 109 Å². The number of hydrogen-bond acceptors (Lipinski definition) is 24. The highest BCUT2D eigenvalue weighted by Crippen LogP contribution is 2.54. The number of amides is 1. The number of fused-ring (bicyclic) bond motifs is 3. The standard InChI is InChI=1S/C35H47N6O9P.C30H37N6O8P/c1-3-4-5-6-13-18-29(42)39-33-28-20-19-27(41(28)38-23-37-33)31-30(43)32(44)35(21-36,49-31)22-47-51(46,50-26-16-11-8-12-17-26)40-24(2)34(45)48-25-14-9-7-10-15-25;1-19(28(37)40-20-10-6-4-7-11-20)35-45(38,44-21-12-8-5-9-13-21)39-17-30(16-31)26-25(41-29(2,3)43-26)24(42-30)22-14-15-23-27(32)33-18-34-36(22)23/h8,11-12,16-17,19-20,23-25,30-32,43-44H,3-7,9-10,13-15,18,22H2,1-2H3,(H,40,46)(H,37,38,39,42);5,8-9,12-15,18-20,24-26H,4,6-7,10-11,17H2,1-3H3,(H,35,38)(H2,32,33,34)/t24-,30-,31-,32-,35+,51-;19-,24-,25-,26-,30+,45-/m00/s1. The van der Waals surface area contributed by atoms with Crippen LogP contribution in [0.15, 0.2) is 97.6 Å². The van der Waals surface area contributed by atoms with Crippen LogP contribution in [0.25, 0.3) is 11.0 Å². The molecule has 2 aromatic carbocycles. The van der Waals surface area contributed by atoms with E-state index < -0.39 is 106 Å². The van der Waals surface area contributed by atoms with Crippen molar-refractivity contribution in [2.75, 3.05) is 24.3 Å². The van der Waals surface area contributed by atoms with Crippen LogP contribution in [-0.4, -0.2) is 136 Å². The summed E-state index contributed by atoms with van der Waals surface area (Å²) in [6, 6.07) is 25.1. The minimum Gasteiger partial charge on any atom is -0.461 e. The van der Waals surface area contributed by atoms with Crippen molar-refractivity contribution in [1.29, 1.82) is 10.5 Å². The summed E-state index contributed by atoms with van der Waals surface area (Å²) in [4.78, 5) is 46.8. The van der Waals surface area contributed by atoms with Crippen molar-refractivity contribution in [2.24, 2.45) is 0 Å². The Morgan fingerprint density at radius 3 is 1.72 bits per heavy atom. The number of nitriles is 2. The fourth-order valence-electron chi connectivity index (χ4n) is 12.3. The molecule has 7 N–H and O–H groups in total. The Morgan fingerprint density at radius 2 is 1.17 bits per heavy atom. The van der Waals surface area contributed by atoms with Gasteiger partial charge in [0.2, 0.25) is 17.1 Å². The lowest BCUT2D eigenvalue weighted by atomic mass is 9.96. The number of rotatable bonds is 27. The maximum absolute atomic E-state index is 14.3. The summed E-state index contributed by atoms with van der Waals surface area (Å²) in [5.74, 6) is -1.59. The van der Waals surface area contributed by atoms with Gasteiger partial charge in [-0.2, -0.15) is 30.9 Å². The van der Waals surface area contributed by atoms with Crippen molar-refractivity contribution in [1.82, 2.24) is 39.4 Å². The summed E-state index contributed by atoms with van der Waals surface area (Å²) < 4.78 is 90.8. The molecule has 96 heavy (non-hydrogen) atoms. The van der Waals surface area contributed by atoms with Crippen LogP contribution in [0.3, 0.4) is 0 Å². The van der Waals surface area contributed by atoms with Crippen molar-refractivity contribution >= 4 is 56.0 Å². The number of carbonyl (C=O) groups is 3. The molecular formula is C65H84N12O17P2. The number of nitrogens with one attached hydrogen (secondary N) is 3. The van der Waals surface area contributed by atoms with Crippen molar-refractivity contribution < 1.29 is 80.2 Å². The summed E-state index contributed by atoms with van der Waals surface area (Å²) >= 11 is 0. The molecule has 1 amide bonds. The van der Waals surface area contributed by atoms with Crippen LogP contribution >= 0.6 is 15.5 Å². The van der Waals surface area contributed by atoms with E-state index in [0.29, 0.717) is 23.1 Å². The molecule has 4 aromatic heterocycles. The predicted molar refractivity (Wildman–Crippen MR) is 345 cm³/mol. The zero-order valence-corrected chi connectivity index (χ0v) is 56.1. The van der Waals surface area contributed by atoms with Crippen LogP contribution in [0.5, 0.6) is 11.5 Å². The lowest BCUT2D eigenvalue weighted by Gasteiger charge is -2.31. The van der Waals surface area contributed by atoms with Crippen LogP contribution in [0.4, 0.5) is 11.6 Å². The van der Waals surface area contributed by atoms with Crippen LogP contribution < -0.4 is 30.3 Å². The number of aliphatic hydroxyl groups is 2. The van der Waals surface area contributed by atoms with E-state index in [1.54, 1.807) is 91.2 Å². The van der Waals surface area contributed by atoms with Crippen LogP contribution in [0.1, 0.15) is 161 Å². The second kappa shape index (κ2) is 31.4. The Bertz CT molecular complexity index is 3820. The molecule has 2 aliphatic carbocycles. The molecule has 29 nitrogen and oxygen atoms in total. The Balaban J connectivity index is 0.000000210. The summed E-state index contributed by atoms with van der Waals surface area (Å²) in [5.41, 5.74) is 3.79. The molecule has 5 aliphatic rings. The maximum Gasteiger partial charge on any atom is 0.459 e. The maximum atomic E-state index is 14.3. The van der Waals surface area contributed by atoms with Gasteiger partial charge in [0.15, 0.2) is 17.4 Å². The normalized spacial score (nSPS) is 26.0. The van der Waals surface area contributed by atoms with Gasteiger partial charge in [0.25, 0.3) is 0 Å². The van der Waals surface area contributed by atoms with Gasteiger partial charge < -0.3 is 58.7 Å². The first-order valence-electron chi connectivity index (χ1n) is 32.6. The second-order valence-corrected chi connectivity index (χ2v) is 28.4. The molecule has 3 aliphatic heterocycles. The van der Waals surface area contributed by atoms with Crippen molar-refractivity contribution in [3.8, 4) is 23.6 Å². The zero-order valence-electron chi connectivity index (χ0n) is 54.3. The molecule has 0 radical (unpaired) electrons.